The molecule has 0 bridgehead atoms. The summed E-state index contributed by atoms with van der Waals surface area (Å²) in [4.78, 5) is 25.9. The van der Waals surface area contributed by atoms with Crippen molar-refractivity contribution in [1.82, 2.24) is 10.2 Å². The number of phenolic OH excluding ortho intramolecular Hbond substituents is 2. The van der Waals surface area contributed by atoms with Gasteiger partial charge in [-0.1, -0.05) is 0 Å². The maximum Gasteiger partial charge on any atom is 0.257 e. The molecule has 0 radical (unpaired) electrons. The van der Waals surface area contributed by atoms with E-state index in [0.29, 0.717) is 13.1 Å². The van der Waals surface area contributed by atoms with Crippen LogP contribution in [0.1, 0.15) is 23.2 Å². The summed E-state index contributed by atoms with van der Waals surface area (Å²) >= 11 is 0. The van der Waals surface area contributed by atoms with Crippen molar-refractivity contribution >= 4 is 11.8 Å². The van der Waals surface area contributed by atoms with Crippen LogP contribution in [-0.4, -0.2) is 46.1 Å². The lowest BCUT2D eigenvalue weighted by molar-refractivity contribution is -0.123. The predicted molar refractivity (Wildman–Crippen MR) is 70.3 cm³/mol. The average Bonchev–Trinajstić information content (AvgIpc) is 2.80. The molecule has 1 aromatic carbocycles. The van der Waals surface area contributed by atoms with E-state index in [1.807, 2.05) is 0 Å². The van der Waals surface area contributed by atoms with Crippen LogP contribution in [0.15, 0.2) is 18.2 Å². The van der Waals surface area contributed by atoms with Crippen LogP contribution in [0, 0.1) is 5.92 Å². The number of nitrogens with one attached hydrogen (secondary N) is 1. The first-order chi connectivity index (χ1) is 9.58. The second-order valence-corrected chi connectivity index (χ2v) is 5.26. The summed E-state index contributed by atoms with van der Waals surface area (Å²) in [7, 11) is 0. The van der Waals surface area contributed by atoms with Crippen LogP contribution >= 0.6 is 0 Å². The Labute approximate surface area is 116 Å². The molecule has 2 aliphatic heterocycles. The second-order valence-electron chi connectivity index (χ2n) is 5.26. The Bertz CT molecular complexity index is 572. The Morgan fingerprint density at radius 1 is 1.35 bits per heavy atom. The van der Waals surface area contributed by atoms with Crippen molar-refractivity contribution in [1.29, 1.82) is 0 Å². The van der Waals surface area contributed by atoms with Crippen LogP contribution in [0.25, 0.3) is 0 Å². The quantitative estimate of drug-likeness (QED) is 0.694. The van der Waals surface area contributed by atoms with Crippen LogP contribution in [0.3, 0.4) is 0 Å². The highest BCUT2D eigenvalue weighted by molar-refractivity contribution is 5.98. The molecule has 1 aromatic rings. The van der Waals surface area contributed by atoms with E-state index in [9.17, 15) is 19.8 Å². The largest absolute Gasteiger partial charge is 0.508 e. The maximum absolute atomic E-state index is 12.5. The third-order valence-electron chi connectivity index (χ3n) is 4.07. The van der Waals surface area contributed by atoms with Crippen LogP contribution in [0.5, 0.6) is 11.5 Å². The lowest BCUT2D eigenvalue weighted by Gasteiger charge is -2.36. The molecule has 2 atom stereocenters. The minimum absolute atomic E-state index is 0.00225. The van der Waals surface area contributed by atoms with E-state index in [-0.39, 0.29) is 40.8 Å². The summed E-state index contributed by atoms with van der Waals surface area (Å²) in [5.74, 6) is -0.772. The topological polar surface area (TPSA) is 89.9 Å². The molecule has 3 N–H and O–H groups in total. The molecule has 0 saturated carbocycles. The minimum Gasteiger partial charge on any atom is -0.508 e. The number of carbonyl (C=O) groups excluding carboxylic acids is 2. The molecule has 6 nitrogen and oxygen atoms in total. The number of likely N-dealkylation sites (tertiary alicyclic amines) is 1. The summed E-state index contributed by atoms with van der Waals surface area (Å²) in [5.41, 5.74) is 0.155. The predicted octanol–water partition coefficient (Wildman–Crippen LogP) is 0.448. The first-order valence-corrected chi connectivity index (χ1v) is 6.68. The summed E-state index contributed by atoms with van der Waals surface area (Å²) in [5, 5.41) is 21.9. The fraction of sp³-hybridized carbons (Fsp3) is 0.429. The van der Waals surface area contributed by atoms with E-state index in [0.717, 1.165) is 18.9 Å². The third-order valence-corrected chi connectivity index (χ3v) is 4.07. The SMILES string of the molecule is O=C1NCC2C1CCCN2C(=O)c1ccc(O)cc1O. The number of hydrogen-bond acceptors (Lipinski definition) is 4. The van der Waals surface area contributed by atoms with Crippen molar-refractivity contribution in [3.8, 4) is 11.5 Å². The van der Waals surface area contributed by atoms with Crippen LogP contribution in [-0.2, 0) is 4.79 Å². The summed E-state index contributed by atoms with van der Waals surface area (Å²) in [6.07, 6.45) is 1.57. The highest BCUT2D eigenvalue weighted by Gasteiger charge is 2.43. The zero-order valence-corrected chi connectivity index (χ0v) is 10.9. The van der Waals surface area contributed by atoms with Crippen molar-refractivity contribution in [3.63, 3.8) is 0 Å². The number of fused-ring (bicyclic) bond motifs is 1. The van der Waals surface area contributed by atoms with Crippen LogP contribution < -0.4 is 5.32 Å². The van der Waals surface area contributed by atoms with Gasteiger partial charge in [0.05, 0.1) is 17.5 Å². The van der Waals surface area contributed by atoms with Crippen LogP contribution in [0.2, 0.25) is 0 Å². The van der Waals surface area contributed by atoms with Gasteiger partial charge in [-0.3, -0.25) is 9.59 Å². The summed E-state index contributed by atoms with van der Waals surface area (Å²) in [6, 6.07) is 3.77. The van der Waals surface area contributed by atoms with Gasteiger partial charge in [0.1, 0.15) is 11.5 Å². The molecular formula is C14H16N2O4. The highest BCUT2D eigenvalue weighted by Crippen LogP contribution is 2.31. The average molecular weight is 276 g/mol. The minimum atomic E-state index is -0.297. The molecule has 0 aliphatic carbocycles. The number of carbonyl (C=O) groups is 2. The van der Waals surface area contributed by atoms with Gasteiger partial charge >= 0.3 is 0 Å². The summed E-state index contributed by atoms with van der Waals surface area (Å²) < 4.78 is 0. The van der Waals surface area contributed by atoms with Gasteiger partial charge in [-0.15, -0.1) is 0 Å². The molecule has 2 heterocycles. The fourth-order valence-corrected chi connectivity index (χ4v) is 3.06. The van der Waals surface area contributed by atoms with Crippen molar-refractivity contribution < 1.29 is 19.8 Å². The zero-order valence-electron chi connectivity index (χ0n) is 10.9. The van der Waals surface area contributed by atoms with E-state index in [2.05, 4.69) is 5.32 Å². The Morgan fingerprint density at radius 3 is 2.90 bits per heavy atom. The lowest BCUT2D eigenvalue weighted by Crippen LogP contribution is -2.48. The number of hydrogen-bond donors (Lipinski definition) is 3. The molecule has 0 spiro atoms. The molecular weight excluding hydrogens is 260 g/mol. The Kier molecular flexibility index (Phi) is 3.00. The van der Waals surface area contributed by atoms with Gasteiger partial charge in [-0.25, -0.2) is 0 Å². The number of phenols is 2. The van der Waals surface area contributed by atoms with E-state index < -0.39 is 0 Å². The number of nitrogens with zero attached hydrogens (tertiary/aromatic N) is 1. The van der Waals surface area contributed by atoms with Crippen molar-refractivity contribution in [2.45, 2.75) is 18.9 Å². The smallest absolute Gasteiger partial charge is 0.257 e. The first-order valence-electron chi connectivity index (χ1n) is 6.68. The van der Waals surface area contributed by atoms with E-state index >= 15 is 0 Å². The molecule has 6 heteroatoms. The van der Waals surface area contributed by atoms with Gasteiger partial charge in [-0.05, 0) is 25.0 Å². The molecule has 0 aromatic heterocycles. The molecule has 2 unspecified atom stereocenters. The standard InChI is InChI=1S/C14H16N2O4/c17-8-3-4-10(12(18)6-8)14(20)16-5-1-2-9-11(16)7-15-13(9)19/h3-4,6,9,11,17-18H,1-2,5,7H2,(H,15,19). The molecule has 2 amide bonds. The number of rotatable bonds is 1. The normalized spacial score (nSPS) is 25.2. The highest BCUT2D eigenvalue weighted by atomic mass is 16.3. The molecule has 20 heavy (non-hydrogen) atoms. The van der Waals surface area contributed by atoms with Gasteiger partial charge in [0, 0.05) is 19.2 Å². The molecule has 2 fully saturated rings. The molecule has 106 valence electrons. The fourth-order valence-electron chi connectivity index (χ4n) is 3.06. The Hall–Kier alpha value is -2.24. The van der Waals surface area contributed by atoms with E-state index in [4.69, 9.17) is 0 Å². The Balaban J connectivity index is 1.88. The second kappa shape index (κ2) is 4.70. The van der Waals surface area contributed by atoms with E-state index in [1.165, 1.54) is 12.1 Å². The lowest BCUT2D eigenvalue weighted by atomic mass is 9.91. The number of aromatic hydroxyl groups is 2. The van der Waals surface area contributed by atoms with Gasteiger partial charge < -0.3 is 20.4 Å². The number of amides is 2. The van der Waals surface area contributed by atoms with Crippen molar-refractivity contribution in [2.75, 3.05) is 13.1 Å². The number of benzene rings is 1. The van der Waals surface area contributed by atoms with Gasteiger partial charge in [0.2, 0.25) is 5.91 Å². The third kappa shape index (κ3) is 1.97. The Morgan fingerprint density at radius 2 is 2.15 bits per heavy atom. The van der Waals surface area contributed by atoms with Crippen molar-refractivity contribution in [2.24, 2.45) is 5.92 Å². The molecule has 2 saturated heterocycles. The van der Waals surface area contributed by atoms with Crippen molar-refractivity contribution in [3.05, 3.63) is 23.8 Å². The summed E-state index contributed by atoms with van der Waals surface area (Å²) in [6.45, 7) is 1.05. The number of piperidine rings is 1. The molecule has 3 rings (SSSR count). The van der Waals surface area contributed by atoms with Gasteiger partial charge in [-0.2, -0.15) is 0 Å². The van der Waals surface area contributed by atoms with Gasteiger partial charge in [0.25, 0.3) is 5.91 Å². The van der Waals surface area contributed by atoms with Gasteiger partial charge in [0.15, 0.2) is 0 Å². The maximum atomic E-state index is 12.5. The molecule has 2 aliphatic rings. The van der Waals surface area contributed by atoms with Crippen LogP contribution in [0.4, 0.5) is 0 Å². The first kappa shape index (κ1) is 12.8. The monoisotopic (exact) mass is 276 g/mol. The van der Waals surface area contributed by atoms with E-state index in [1.54, 1.807) is 4.90 Å². The zero-order chi connectivity index (χ0) is 14.3.